The van der Waals surface area contributed by atoms with Crippen molar-refractivity contribution in [2.24, 2.45) is 11.8 Å². The number of hydrogen-bond donors (Lipinski definition) is 1. The molecule has 0 bridgehead atoms. The molecule has 0 aromatic carbocycles. The minimum Gasteiger partial charge on any atom is -0.392 e. The molecule has 0 aliphatic heterocycles. The summed E-state index contributed by atoms with van der Waals surface area (Å²) in [6, 6.07) is 3.80. The standard InChI is InChI=1S/C12H18N2O/c1-9-5-11(9)7-14(2)12-6-10(8-15)3-4-13-12/h3-4,6,9,11,15H,5,7-8H2,1-2H3. The summed E-state index contributed by atoms with van der Waals surface area (Å²) >= 11 is 0. The summed E-state index contributed by atoms with van der Waals surface area (Å²) in [5.41, 5.74) is 0.927. The zero-order chi connectivity index (χ0) is 10.8. The zero-order valence-electron chi connectivity index (χ0n) is 9.35. The summed E-state index contributed by atoms with van der Waals surface area (Å²) in [6.45, 7) is 3.45. The van der Waals surface area contributed by atoms with E-state index in [4.69, 9.17) is 5.11 Å². The maximum Gasteiger partial charge on any atom is 0.128 e. The first-order valence-electron chi connectivity index (χ1n) is 5.47. The van der Waals surface area contributed by atoms with E-state index in [-0.39, 0.29) is 6.61 Å². The van der Waals surface area contributed by atoms with E-state index in [2.05, 4.69) is 23.9 Å². The lowest BCUT2D eigenvalue weighted by molar-refractivity contribution is 0.281. The second-order valence-electron chi connectivity index (χ2n) is 4.53. The van der Waals surface area contributed by atoms with Gasteiger partial charge in [0.05, 0.1) is 6.61 Å². The van der Waals surface area contributed by atoms with Gasteiger partial charge in [0.2, 0.25) is 0 Å². The van der Waals surface area contributed by atoms with Crippen molar-refractivity contribution in [2.75, 3.05) is 18.5 Å². The van der Waals surface area contributed by atoms with E-state index in [1.165, 1.54) is 6.42 Å². The molecule has 3 nitrogen and oxygen atoms in total. The molecule has 1 aromatic rings. The first-order valence-corrected chi connectivity index (χ1v) is 5.47. The number of nitrogens with zero attached hydrogens (tertiary/aromatic N) is 2. The van der Waals surface area contributed by atoms with Crippen molar-refractivity contribution in [1.82, 2.24) is 4.98 Å². The fourth-order valence-corrected chi connectivity index (χ4v) is 1.87. The molecule has 1 N–H and O–H groups in total. The Morgan fingerprint density at radius 2 is 2.33 bits per heavy atom. The summed E-state index contributed by atoms with van der Waals surface area (Å²) in [5.74, 6) is 2.66. The highest BCUT2D eigenvalue weighted by atomic mass is 16.3. The minimum atomic E-state index is 0.0865. The van der Waals surface area contributed by atoms with Crippen molar-refractivity contribution in [3.8, 4) is 0 Å². The van der Waals surface area contributed by atoms with Gasteiger partial charge in [-0.3, -0.25) is 0 Å². The van der Waals surface area contributed by atoms with Crippen molar-refractivity contribution in [1.29, 1.82) is 0 Å². The van der Waals surface area contributed by atoms with Gasteiger partial charge in [0.1, 0.15) is 5.82 Å². The van der Waals surface area contributed by atoms with Crippen molar-refractivity contribution in [2.45, 2.75) is 20.0 Å². The number of pyridine rings is 1. The molecule has 15 heavy (non-hydrogen) atoms. The molecular weight excluding hydrogens is 188 g/mol. The molecule has 1 heterocycles. The van der Waals surface area contributed by atoms with Gasteiger partial charge < -0.3 is 10.0 Å². The van der Waals surface area contributed by atoms with Crippen LogP contribution in [0.5, 0.6) is 0 Å². The van der Waals surface area contributed by atoms with E-state index < -0.39 is 0 Å². The molecule has 0 amide bonds. The van der Waals surface area contributed by atoms with E-state index in [1.807, 2.05) is 12.1 Å². The van der Waals surface area contributed by atoms with E-state index >= 15 is 0 Å². The Labute approximate surface area is 90.8 Å². The van der Waals surface area contributed by atoms with Crippen LogP contribution in [0.25, 0.3) is 0 Å². The molecule has 82 valence electrons. The second kappa shape index (κ2) is 4.19. The van der Waals surface area contributed by atoms with Gasteiger partial charge in [-0.1, -0.05) is 6.92 Å². The molecule has 1 fully saturated rings. The van der Waals surface area contributed by atoms with Crippen LogP contribution < -0.4 is 4.90 Å². The summed E-state index contributed by atoms with van der Waals surface area (Å²) in [5, 5.41) is 9.03. The van der Waals surface area contributed by atoms with Crippen LogP contribution in [0.1, 0.15) is 18.9 Å². The Balaban J connectivity index is 2.00. The molecule has 1 aliphatic carbocycles. The van der Waals surface area contributed by atoms with E-state index in [9.17, 15) is 0 Å². The number of aromatic nitrogens is 1. The zero-order valence-corrected chi connectivity index (χ0v) is 9.35. The van der Waals surface area contributed by atoms with Crippen LogP contribution >= 0.6 is 0 Å². The minimum absolute atomic E-state index is 0.0865. The lowest BCUT2D eigenvalue weighted by Gasteiger charge is -2.18. The quantitative estimate of drug-likeness (QED) is 0.814. The van der Waals surface area contributed by atoms with Gasteiger partial charge >= 0.3 is 0 Å². The number of rotatable bonds is 4. The van der Waals surface area contributed by atoms with Crippen LogP contribution in [0.15, 0.2) is 18.3 Å². The van der Waals surface area contributed by atoms with Gasteiger partial charge in [-0.2, -0.15) is 0 Å². The SMILES string of the molecule is CC1CC1CN(C)c1cc(CO)ccn1. The van der Waals surface area contributed by atoms with Gasteiger partial charge in [-0.05, 0) is 36.0 Å². The third-order valence-electron chi connectivity index (χ3n) is 3.17. The van der Waals surface area contributed by atoms with E-state index in [1.54, 1.807) is 6.20 Å². The Bertz CT molecular complexity index is 340. The van der Waals surface area contributed by atoms with E-state index in [0.717, 1.165) is 29.8 Å². The van der Waals surface area contributed by atoms with Crippen molar-refractivity contribution >= 4 is 5.82 Å². The maximum atomic E-state index is 9.03. The number of hydrogen-bond acceptors (Lipinski definition) is 3. The van der Waals surface area contributed by atoms with Gasteiger partial charge in [-0.15, -0.1) is 0 Å². The summed E-state index contributed by atoms with van der Waals surface area (Å²) in [7, 11) is 2.06. The number of aliphatic hydroxyl groups is 1. The number of aliphatic hydroxyl groups excluding tert-OH is 1. The Kier molecular flexibility index (Phi) is 2.91. The van der Waals surface area contributed by atoms with Crippen LogP contribution in [0.2, 0.25) is 0 Å². The first-order chi connectivity index (χ1) is 7.20. The van der Waals surface area contributed by atoms with Crippen LogP contribution in [0, 0.1) is 11.8 Å². The monoisotopic (exact) mass is 206 g/mol. The average Bonchev–Trinajstić information content (AvgIpc) is 2.94. The summed E-state index contributed by atoms with van der Waals surface area (Å²) in [4.78, 5) is 6.48. The van der Waals surface area contributed by atoms with Crippen LogP contribution in [-0.2, 0) is 6.61 Å². The molecule has 1 aliphatic rings. The summed E-state index contributed by atoms with van der Waals surface area (Å²) < 4.78 is 0. The highest BCUT2D eigenvalue weighted by molar-refractivity contribution is 5.40. The third kappa shape index (κ3) is 2.48. The normalized spacial score (nSPS) is 23.9. The van der Waals surface area contributed by atoms with Gasteiger partial charge in [0, 0.05) is 19.8 Å². The fraction of sp³-hybridized carbons (Fsp3) is 0.583. The average molecular weight is 206 g/mol. The molecule has 1 saturated carbocycles. The first kappa shape index (κ1) is 10.4. The van der Waals surface area contributed by atoms with Crippen molar-refractivity contribution < 1.29 is 5.11 Å². The molecule has 2 atom stereocenters. The maximum absolute atomic E-state index is 9.03. The largest absolute Gasteiger partial charge is 0.392 e. The van der Waals surface area contributed by atoms with Crippen molar-refractivity contribution in [3.63, 3.8) is 0 Å². The van der Waals surface area contributed by atoms with Gasteiger partial charge in [-0.25, -0.2) is 4.98 Å². The highest BCUT2D eigenvalue weighted by Gasteiger charge is 2.33. The third-order valence-corrected chi connectivity index (χ3v) is 3.17. The lowest BCUT2D eigenvalue weighted by atomic mass is 10.2. The van der Waals surface area contributed by atoms with Crippen LogP contribution in [0.3, 0.4) is 0 Å². The predicted octanol–water partition coefficient (Wildman–Crippen LogP) is 1.67. The van der Waals surface area contributed by atoms with Crippen LogP contribution in [-0.4, -0.2) is 23.7 Å². The van der Waals surface area contributed by atoms with E-state index in [0.29, 0.717) is 0 Å². The molecule has 2 rings (SSSR count). The highest BCUT2D eigenvalue weighted by Crippen LogP contribution is 2.38. The predicted molar refractivity (Wildman–Crippen MR) is 60.7 cm³/mol. The van der Waals surface area contributed by atoms with Gasteiger partial charge in [0.15, 0.2) is 0 Å². The van der Waals surface area contributed by atoms with Crippen LogP contribution in [0.4, 0.5) is 5.82 Å². The topological polar surface area (TPSA) is 36.4 Å². The molecule has 2 unspecified atom stereocenters. The molecule has 0 saturated heterocycles. The molecule has 3 heteroatoms. The lowest BCUT2D eigenvalue weighted by Crippen LogP contribution is -2.21. The molecule has 1 aromatic heterocycles. The second-order valence-corrected chi connectivity index (χ2v) is 4.53. The number of anilines is 1. The van der Waals surface area contributed by atoms with Gasteiger partial charge in [0.25, 0.3) is 0 Å². The molecule has 0 radical (unpaired) electrons. The molecular formula is C12H18N2O. The smallest absolute Gasteiger partial charge is 0.128 e. The Hall–Kier alpha value is -1.09. The molecule has 0 spiro atoms. The summed E-state index contributed by atoms with van der Waals surface area (Å²) in [6.07, 6.45) is 3.09. The Morgan fingerprint density at radius 3 is 2.93 bits per heavy atom. The Morgan fingerprint density at radius 1 is 1.60 bits per heavy atom. The van der Waals surface area contributed by atoms with Crippen molar-refractivity contribution in [3.05, 3.63) is 23.9 Å². The fourth-order valence-electron chi connectivity index (χ4n) is 1.87.